The molecule has 1 heterocycles. The van der Waals surface area contributed by atoms with Crippen LogP contribution in [0, 0.1) is 0 Å². The molecular weight excluding hydrogens is 216 g/mol. The summed E-state index contributed by atoms with van der Waals surface area (Å²) in [6, 6.07) is 0.0565. The molecule has 1 aliphatic rings. The third-order valence-electron chi connectivity index (χ3n) is 3.07. The van der Waals surface area contributed by atoms with Crippen LogP contribution >= 0.6 is 0 Å². The Labute approximate surface area is 105 Å². The molecule has 1 amide bonds. The summed E-state index contributed by atoms with van der Waals surface area (Å²) in [4.78, 5) is 13.8. The van der Waals surface area contributed by atoms with Crippen molar-refractivity contribution in [2.75, 3.05) is 26.4 Å². The van der Waals surface area contributed by atoms with Gasteiger partial charge in [0.2, 0.25) is 5.91 Å². The molecule has 1 rings (SSSR count). The van der Waals surface area contributed by atoms with E-state index in [-0.39, 0.29) is 11.9 Å². The van der Waals surface area contributed by atoms with E-state index >= 15 is 0 Å². The lowest BCUT2D eigenvalue weighted by atomic mass is 10.2. The van der Waals surface area contributed by atoms with Crippen LogP contribution in [0.15, 0.2) is 0 Å². The first-order chi connectivity index (χ1) is 8.29. The summed E-state index contributed by atoms with van der Waals surface area (Å²) in [5.74, 6) is 0.264. The van der Waals surface area contributed by atoms with Crippen molar-refractivity contribution in [2.45, 2.75) is 52.0 Å². The van der Waals surface area contributed by atoms with Crippen molar-refractivity contribution in [3.63, 3.8) is 0 Å². The largest absolute Gasteiger partial charge is 0.381 e. The molecule has 1 unspecified atom stereocenters. The van der Waals surface area contributed by atoms with Crippen LogP contribution in [0.25, 0.3) is 0 Å². The highest BCUT2D eigenvalue weighted by Gasteiger charge is 2.29. The number of rotatable bonds is 9. The summed E-state index contributed by atoms with van der Waals surface area (Å²) in [6.45, 7) is 7.41. The molecule has 0 aromatic rings. The zero-order valence-electron chi connectivity index (χ0n) is 11.2. The summed E-state index contributed by atoms with van der Waals surface area (Å²) < 4.78 is 5.49. The minimum Gasteiger partial charge on any atom is -0.381 e. The molecule has 100 valence electrons. The first-order valence-electron chi connectivity index (χ1n) is 6.89. The maximum atomic E-state index is 11.9. The van der Waals surface area contributed by atoms with Crippen LogP contribution in [0.1, 0.15) is 46.0 Å². The average Bonchev–Trinajstić information content (AvgIpc) is 2.67. The van der Waals surface area contributed by atoms with Crippen LogP contribution in [0.3, 0.4) is 0 Å². The number of nitrogens with zero attached hydrogens (tertiary/aromatic N) is 1. The predicted octanol–water partition coefficient (Wildman–Crippen LogP) is 1.75. The van der Waals surface area contributed by atoms with Gasteiger partial charge in [0, 0.05) is 19.8 Å². The standard InChI is InChI=1S/C13H26N2O2/c1-3-5-9-17-10-6-8-15-11-14-12(7-4-2)13(15)16/h12,14H,3-11H2,1-2H3. The minimum atomic E-state index is 0.0565. The van der Waals surface area contributed by atoms with Crippen LogP contribution < -0.4 is 5.32 Å². The molecule has 0 spiro atoms. The van der Waals surface area contributed by atoms with Crippen molar-refractivity contribution in [1.29, 1.82) is 0 Å². The molecule has 0 aromatic carbocycles. The number of nitrogens with one attached hydrogen (secondary N) is 1. The van der Waals surface area contributed by atoms with Gasteiger partial charge in [0.1, 0.15) is 0 Å². The van der Waals surface area contributed by atoms with Gasteiger partial charge in [0.15, 0.2) is 0 Å². The van der Waals surface area contributed by atoms with Crippen LogP contribution in [0.5, 0.6) is 0 Å². The second-order valence-corrected chi connectivity index (χ2v) is 4.62. The Morgan fingerprint density at radius 3 is 2.76 bits per heavy atom. The van der Waals surface area contributed by atoms with Gasteiger partial charge in [0.05, 0.1) is 12.7 Å². The fourth-order valence-electron chi connectivity index (χ4n) is 2.02. The normalized spacial score (nSPS) is 20.2. The van der Waals surface area contributed by atoms with Crippen molar-refractivity contribution in [2.24, 2.45) is 0 Å². The molecule has 17 heavy (non-hydrogen) atoms. The molecular formula is C13H26N2O2. The van der Waals surface area contributed by atoms with Gasteiger partial charge in [-0.05, 0) is 19.3 Å². The molecule has 0 aromatic heterocycles. The molecule has 1 aliphatic heterocycles. The quantitative estimate of drug-likeness (QED) is 0.626. The molecule has 4 heteroatoms. The highest BCUT2D eigenvalue weighted by Crippen LogP contribution is 2.09. The van der Waals surface area contributed by atoms with Gasteiger partial charge in [-0.3, -0.25) is 10.1 Å². The monoisotopic (exact) mass is 242 g/mol. The molecule has 1 N–H and O–H groups in total. The number of hydrogen-bond acceptors (Lipinski definition) is 3. The van der Waals surface area contributed by atoms with E-state index in [9.17, 15) is 4.79 Å². The van der Waals surface area contributed by atoms with Crippen molar-refractivity contribution in [3.8, 4) is 0 Å². The molecule has 1 atom stereocenters. The van der Waals surface area contributed by atoms with E-state index in [0.717, 1.165) is 45.4 Å². The number of carbonyl (C=O) groups excluding carboxylic acids is 1. The minimum absolute atomic E-state index is 0.0565. The van der Waals surface area contributed by atoms with Crippen LogP contribution in [0.4, 0.5) is 0 Å². The summed E-state index contributed by atoms with van der Waals surface area (Å²) in [6.07, 6.45) is 5.24. The van der Waals surface area contributed by atoms with Gasteiger partial charge in [-0.15, -0.1) is 0 Å². The van der Waals surface area contributed by atoms with Crippen LogP contribution in [-0.4, -0.2) is 43.3 Å². The predicted molar refractivity (Wildman–Crippen MR) is 68.8 cm³/mol. The molecule has 0 saturated carbocycles. The molecule has 4 nitrogen and oxygen atoms in total. The van der Waals surface area contributed by atoms with E-state index in [1.165, 1.54) is 6.42 Å². The lowest BCUT2D eigenvalue weighted by Gasteiger charge is -2.15. The number of hydrogen-bond donors (Lipinski definition) is 1. The van der Waals surface area contributed by atoms with Crippen molar-refractivity contribution in [3.05, 3.63) is 0 Å². The van der Waals surface area contributed by atoms with E-state index in [0.29, 0.717) is 6.67 Å². The number of unbranched alkanes of at least 4 members (excludes halogenated alkanes) is 1. The molecule has 1 saturated heterocycles. The smallest absolute Gasteiger partial charge is 0.240 e. The van der Waals surface area contributed by atoms with Gasteiger partial charge in [-0.2, -0.15) is 0 Å². The van der Waals surface area contributed by atoms with Gasteiger partial charge in [-0.1, -0.05) is 26.7 Å². The Balaban J connectivity index is 2.06. The second-order valence-electron chi connectivity index (χ2n) is 4.62. The summed E-state index contributed by atoms with van der Waals surface area (Å²) in [5.41, 5.74) is 0. The van der Waals surface area contributed by atoms with Crippen molar-refractivity contribution >= 4 is 5.91 Å². The summed E-state index contributed by atoms with van der Waals surface area (Å²) in [5, 5.41) is 3.25. The van der Waals surface area contributed by atoms with E-state index in [1.54, 1.807) is 0 Å². The van der Waals surface area contributed by atoms with E-state index in [2.05, 4.69) is 19.2 Å². The lowest BCUT2D eigenvalue weighted by Crippen LogP contribution is -2.31. The molecule has 0 bridgehead atoms. The van der Waals surface area contributed by atoms with E-state index in [1.807, 2.05) is 4.90 Å². The zero-order chi connectivity index (χ0) is 12.5. The molecule has 1 fully saturated rings. The Bertz CT molecular complexity index is 221. The SMILES string of the molecule is CCCCOCCCN1CNC(CCC)C1=O. The van der Waals surface area contributed by atoms with E-state index in [4.69, 9.17) is 4.74 Å². The Morgan fingerprint density at radius 1 is 1.29 bits per heavy atom. The fourth-order valence-corrected chi connectivity index (χ4v) is 2.02. The lowest BCUT2D eigenvalue weighted by molar-refractivity contribution is -0.129. The molecule has 0 radical (unpaired) electrons. The summed E-state index contributed by atoms with van der Waals surface area (Å²) >= 11 is 0. The highest BCUT2D eigenvalue weighted by molar-refractivity contribution is 5.83. The average molecular weight is 242 g/mol. The van der Waals surface area contributed by atoms with Gasteiger partial charge in [0.25, 0.3) is 0 Å². The summed E-state index contributed by atoms with van der Waals surface area (Å²) in [7, 11) is 0. The Kier molecular flexibility index (Phi) is 7.21. The number of amides is 1. The highest BCUT2D eigenvalue weighted by atomic mass is 16.5. The number of ether oxygens (including phenoxy) is 1. The van der Waals surface area contributed by atoms with Gasteiger partial charge in [-0.25, -0.2) is 0 Å². The van der Waals surface area contributed by atoms with Crippen LogP contribution in [0.2, 0.25) is 0 Å². The third kappa shape index (κ3) is 5.04. The first-order valence-corrected chi connectivity index (χ1v) is 6.89. The Morgan fingerprint density at radius 2 is 2.06 bits per heavy atom. The molecule has 0 aliphatic carbocycles. The van der Waals surface area contributed by atoms with Crippen molar-refractivity contribution in [1.82, 2.24) is 10.2 Å². The fraction of sp³-hybridized carbons (Fsp3) is 0.923. The topological polar surface area (TPSA) is 41.6 Å². The maximum absolute atomic E-state index is 11.9. The van der Waals surface area contributed by atoms with Crippen LogP contribution in [-0.2, 0) is 9.53 Å². The second kappa shape index (κ2) is 8.48. The van der Waals surface area contributed by atoms with Gasteiger partial charge >= 0.3 is 0 Å². The first kappa shape index (κ1) is 14.5. The maximum Gasteiger partial charge on any atom is 0.240 e. The Hall–Kier alpha value is -0.610. The zero-order valence-corrected chi connectivity index (χ0v) is 11.2. The van der Waals surface area contributed by atoms with Crippen molar-refractivity contribution < 1.29 is 9.53 Å². The van der Waals surface area contributed by atoms with Gasteiger partial charge < -0.3 is 9.64 Å². The number of carbonyl (C=O) groups is 1. The van der Waals surface area contributed by atoms with E-state index < -0.39 is 0 Å². The third-order valence-corrected chi connectivity index (χ3v) is 3.07.